The van der Waals surface area contributed by atoms with Crippen LogP contribution in [0.25, 0.3) is 0 Å². The number of aliphatic hydroxyl groups is 2. The summed E-state index contributed by atoms with van der Waals surface area (Å²) in [5, 5.41) is 17.2. The maximum absolute atomic E-state index is 8.82. The fraction of sp³-hybridized carbons (Fsp3) is 1.00. The first-order valence-electron chi connectivity index (χ1n) is 2.56. The van der Waals surface area contributed by atoms with Gasteiger partial charge in [-0.25, -0.2) is 0 Å². The molecule has 0 fully saturated rings. The van der Waals surface area contributed by atoms with Crippen molar-refractivity contribution in [2.75, 3.05) is 6.61 Å². The molecule has 0 saturated heterocycles. The van der Waals surface area contributed by atoms with Gasteiger partial charge in [-0.2, -0.15) is 0 Å². The summed E-state index contributed by atoms with van der Waals surface area (Å²) in [4.78, 5) is 0. The van der Waals surface area contributed by atoms with E-state index in [4.69, 9.17) is 15.9 Å². The van der Waals surface area contributed by atoms with Gasteiger partial charge in [-0.15, -0.1) is 0 Å². The molecule has 0 aromatic rings. The molecule has 0 spiro atoms. The van der Waals surface area contributed by atoms with Gasteiger partial charge in [-0.3, -0.25) is 0 Å². The molecule has 0 aliphatic rings. The van der Waals surface area contributed by atoms with Gasteiger partial charge >= 0.3 is 0 Å². The van der Waals surface area contributed by atoms with E-state index in [9.17, 15) is 0 Å². The lowest BCUT2D eigenvalue weighted by Gasteiger charge is -2.23. The lowest BCUT2D eigenvalue weighted by molar-refractivity contribution is 0.0449. The molecule has 0 aliphatic carbocycles. The van der Waals surface area contributed by atoms with Gasteiger partial charge in [0, 0.05) is 5.54 Å². The number of hydrogen-bond donors (Lipinski definition) is 3. The molecule has 4 N–H and O–H groups in total. The monoisotopic (exact) mass is 119 g/mol. The minimum Gasteiger partial charge on any atom is -0.394 e. The fourth-order valence-electron chi connectivity index (χ4n) is 0.235. The maximum atomic E-state index is 8.82. The molecule has 50 valence electrons. The molecular weight excluding hydrogens is 106 g/mol. The molecule has 0 radical (unpaired) electrons. The van der Waals surface area contributed by atoms with Crippen molar-refractivity contribution in [2.45, 2.75) is 25.5 Å². The molecule has 3 nitrogen and oxygen atoms in total. The van der Waals surface area contributed by atoms with Crippen LogP contribution in [0.15, 0.2) is 0 Å². The van der Waals surface area contributed by atoms with Crippen LogP contribution in [-0.2, 0) is 0 Å². The Labute approximate surface area is 49.1 Å². The average molecular weight is 119 g/mol. The standard InChI is InChI=1S/C5H13NO2/c1-5(2,6)4(8)3-7/h4,7-8H,3,6H2,1-2H3/t4-/m0/s1. The largest absolute Gasteiger partial charge is 0.394 e. The highest BCUT2D eigenvalue weighted by Crippen LogP contribution is 2.02. The quantitative estimate of drug-likeness (QED) is 0.440. The lowest BCUT2D eigenvalue weighted by atomic mass is 10.0. The van der Waals surface area contributed by atoms with E-state index in [2.05, 4.69) is 0 Å². The zero-order valence-electron chi connectivity index (χ0n) is 5.26. The summed E-state index contributed by atoms with van der Waals surface area (Å²) in [6, 6.07) is 0. The molecule has 0 aliphatic heterocycles. The molecule has 1 atom stereocenters. The highest BCUT2D eigenvalue weighted by molar-refractivity contribution is 4.80. The van der Waals surface area contributed by atoms with Crippen molar-refractivity contribution in [3.05, 3.63) is 0 Å². The highest BCUT2D eigenvalue weighted by atomic mass is 16.3. The topological polar surface area (TPSA) is 66.5 Å². The van der Waals surface area contributed by atoms with Crippen molar-refractivity contribution in [1.29, 1.82) is 0 Å². The molecular formula is C5H13NO2. The minimum atomic E-state index is -0.817. The maximum Gasteiger partial charge on any atom is 0.0944 e. The van der Waals surface area contributed by atoms with Crippen molar-refractivity contribution in [3.8, 4) is 0 Å². The molecule has 0 bridgehead atoms. The number of aliphatic hydroxyl groups excluding tert-OH is 2. The predicted octanol–water partition coefficient (Wildman–Crippen LogP) is -0.923. The first-order chi connectivity index (χ1) is 3.48. The van der Waals surface area contributed by atoms with Crippen molar-refractivity contribution < 1.29 is 10.2 Å². The van der Waals surface area contributed by atoms with E-state index in [0.717, 1.165) is 0 Å². The molecule has 0 aromatic heterocycles. The van der Waals surface area contributed by atoms with E-state index >= 15 is 0 Å². The van der Waals surface area contributed by atoms with E-state index in [1.165, 1.54) is 0 Å². The molecule has 3 heteroatoms. The Morgan fingerprint density at radius 2 is 2.00 bits per heavy atom. The molecule has 0 amide bonds. The van der Waals surface area contributed by atoms with Crippen LogP contribution < -0.4 is 5.73 Å². The zero-order chi connectivity index (χ0) is 6.78. The molecule has 8 heavy (non-hydrogen) atoms. The van der Waals surface area contributed by atoms with Crippen LogP contribution in [0.2, 0.25) is 0 Å². The fourth-order valence-corrected chi connectivity index (χ4v) is 0.235. The summed E-state index contributed by atoms with van der Waals surface area (Å²) in [7, 11) is 0. The third kappa shape index (κ3) is 2.26. The Bertz CT molecular complexity index is 67.3. The minimum absolute atomic E-state index is 0.274. The second-order valence-corrected chi connectivity index (χ2v) is 2.52. The van der Waals surface area contributed by atoms with Crippen molar-refractivity contribution in [3.63, 3.8) is 0 Å². The zero-order valence-corrected chi connectivity index (χ0v) is 5.26. The predicted molar refractivity (Wildman–Crippen MR) is 31.4 cm³/mol. The summed E-state index contributed by atoms with van der Waals surface area (Å²) in [5.41, 5.74) is 4.69. The molecule has 0 unspecified atom stereocenters. The van der Waals surface area contributed by atoms with Gasteiger partial charge < -0.3 is 15.9 Å². The van der Waals surface area contributed by atoms with Crippen LogP contribution in [-0.4, -0.2) is 28.5 Å². The van der Waals surface area contributed by atoms with Gasteiger partial charge in [0.15, 0.2) is 0 Å². The molecule has 0 aromatic carbocycles. The van der Waals surface area contributed by atoms with Crippen LogP contribution in [0.1, 0.15) is 13.8 Å². The van der Waals surface area contributed by atoms with E-state index in [0.29, 0.717) is 0 Å². The van der Waals surface area contributed by atoms with E-state index in [1.807, 2.05) is 0 Å². The molecule has 0 rings (SSSR count). The summed E-state index contributed by atoms with van der Waals surface area (Å²) in [6.45, 7) is 3.05. The summed E-state index contributed by atoms with van der Waals surface area (Å²) in [6.07, 6.45) is -0.817. The van der Waals surface area contributed by atoms with Crippen LogP contribution in [0, 0.1) is 0 Å². The Balaban J connectivity index is 3.62. The summed E-state index contributed by atoms with van der Waals surface area (Å²) in [5.74, 6) is 0. The van der Waals surface area contributed by atoms with Gasteiger partial charge in [0.2, 0.25) is 0 Å². The molecule has 0 saturated carbocycles. The van der Waals surface area contributed by atoms with Crippen molar-refractivity contribution in [1.82, 2.24) is 0 Å². The van der Waals surface area contributed by atoms with Crippen LogP contribution in [0.3, 0.4) is 0 Å². The summed E-state index contributed by atoms with van der Waals surface area (Å²) < 4.78 is 0. The number of nitrogens with two attached hydrogens (primary N) is 1. The SMILES string of the molecule is CC(C)(N)[C@@H](O)CO. The number of rotatable bonds is 2. The van der Waals surface area contributed by atoms with Gasteiger partial charge in [0.05, 0.1) is 12.7 Å². The van der Waals surface area contributed by atoms with Gasteiger partial charge in [0.1, 0.15) is 0 Å². The highest BCUT2D eigenvalue weighted by Gasteiger charge is 2.20. The smallest absolute Gasteiger partial charge is 0.0944 e. The average Bonchev–Trinajstić information content (AvgIpc) is 1.62. The second-order valence-electron chi connectivity index (χ2n) is 2.52. The van der Waals surface area contributed by atoms with Gasteiger partial charge in [-0.1, -0.05) is 0 Å². The Morgan fingerprint density at radius 3 is 2.00 bits per heavy atom. The van der Waals surface area contributed by atoms with E-state index in [1.54, 1.807) is 13.8 Å². The van der Waals surface area contributed by atoms with Crippen LogP contribution >= 0.6 is 0 Å². The normalized spacial score (nSPS) is 16.1. The third-order valence-corrected chi connectivity index (χ3v) is 1.03. The van der Waals surface area contributed by atoms with Gasteiger partial charge in [0.25, 0.3) is 0 Å². The van der Waals surface area contributed by atoms with Crippen molar-refractivity contribution >= 4 is 0 Å². The second kappa shape index (κ2) is 2.44. The van der Waals surface area contributed by atoms with Crippen LogP contribution in [0.5, 0.6) is 0 Å². The lowest BCUT2D eigenvalue weighted by Crippen LogP contribution is -2.46. The Kier molecular flexibility index (Phi) is 2.40. The van der Waals surface area contributed by atoms with Gasteiger partial charge in [-0.05, 0) is 13.8 Å². The van der Waals surface area contributed by atoms with Crippen LogP contribution in [0.4, 0.5) is 0 Å². The number of hydrogen-bond acceptors (Lipinski definition) is 3. The third-order valence-electron chi connectivity index (χ3n) is 1.03. The van der Waals surface area contributed by atoms with E-state index < -0.39 is 11.6 Å². The Morgan fingerprint density at radius 1 is 1.62 bits per heavy atom. The first-order valence-corrected chi connectivity index (χ1v) is 2.56. The first kappa shape index (κ1) is 7.88. The Hall–Kier alpha value is -0.120. The molecule has 0 heterocycles. The van der Waals surface area contributed by atoms with Crippen molar-refractivity contribution in [2.24, 2.45) is 5.73 Å². The van der Waals surface area contributed by atoms with E-state index in [-0.39, 0.29) is 6.61 Å². The summed E-state index contributed by atoms with van der Waals surface area (Å²) >= 11 is 0.